The van der Waals surface area contributed by atoms with Crippen molar-refractivity contribution in [3.63, 3.8) is 0 Å². The fourth-order valence-corrected chi connectivity index (χ4v) is 2.84. The van der Waals surface area contributed by atoms with Crippen molar-refractivity contribution in [2.75, 3.05) is 0 Å². The third kappa shape index (κ3) is 2.67. The lowest BCUT2D eigenvalue weighted by Crippen LogP contribution is -1.86. The van der Waals surface area contributed by atoms with E-state index in [1.54, 1.807) is 0 Å². The Morgan fingerprint density at radius 2 is 2.00 bits per heavy atom. The maximum atomic E-state index is 13.6. The number of allylic oxidation sites excluding steroid dienone is 1. The summed E-state index contributed by atoms with van der Waals surface area (Å²) >= 11 is 1.34. The maximum Gasteiger partial charge on any atom is 0.135 e. The number of rotatable bonds is 2. The van der Waals surface area contributed by atoms with Gasteiger partial charge in [0, 0.05) is 5.56 Å². The average molecular weight is 298 g/mol. The lowest BCUT2D eigenvalue weighted by atomic mass is 10.1. The zero-order valence-corrected chi connectivity index (χ0v) is 11.5. The molecule has 1 heterocycles. The summed E-state index contributed by atoms with van der Waals surface area (Å²) in [5, 5.41) is 9.75. The number of nitriles is 1. The molecular formula is C16H8F2N2S. The molecule has 0 aliphatic carbocycles. The molecule has 1 aromatic heterocycles. The van der Waals surface area contributed by atoms with E-state index in [1.165, 1.54) is 17.4 Å². The van der Waals surface area contributed by atoms with Crippen LogP contribution in [0.1, 0.15) is 10.6 Å². The van der Waals surface area contributed by atoms with Crippen molar-refractivity contribution in [1.29, 1.82) is 5.26 Å². The SMILES string of the molecule is N#C/C(=C\c1cc(F)ccc1F)c1nc2ccccc2s1. The molecule has 0 unspecified atom stereocenters. The second kappa shape index (κ2) is 5.43. The van der Waals surface area contributed by atoms with Gasteiger partial charge >= 0.3 is 0 Å². The lowest BCUT2D eigenvalue weighted by molar-refractivity contribution is 0.598. The number of hydrogen-bond acceptors (Lipinski definition) is 3. The van der Waals surface area contributed by atoms with Gasteiger partial charge in [-0.05, 0) is 36.4 Å². The van der Waals surface area contributed by atoms with Gasteiger partial charge in [0.2, 0.25) is 0 Å². The number of aromatic nitrogens is 1. The Kier molecular flexibility index (Phi) is 3.46. The Morgan fingerprint density at radius 1 is 1.19 bits per heavy atom. The summed E-state index contributed by atoms with van der Waals surface area (Å²) in [7, 11) is 0. The highest BCUT2D eigenvalue weighted by Crippen LogP contribution is 2.28. The van der Waals surface area contributed by atoms with Gasteiger partial charge < -0.3 is 0 Å². The van der Waals surface area contributed by atoms with Crippen molar-refractivity contribution >= 4 is 33.2 Å². The van der Waals surface area contributed by atoms with Gasteiger partial charge in [-0.15, -0.1) is 11.3 Å². The Hall–Kier alpha value is -2.58. The Labute approximate surface area is 123 Å². The monoisotopic (exact) mass is 298 g/mol. The second-order valence-electron chi connectivity index (χ2n) is 4.32. The quantitative estimate of drug-likeness (QED) is 0.646. The van der Waals surface area contributed by atoms with Crippen LogP contribution in [0, 0.1) is 23.0 Å². The van der Waals surface area contributed by atoms with Crippen LogP contribution < -0.4 is 0 Å². The highest BCUT2D eigenvalue weighted by Gasteiger charge is 2.10. The second-order valence-corrected chi connectivity index (χ2v) is 5.35. The largest absolute Gasteiger partial charge is 0.235 e. The third-order valence-corrected chi connectivity index (χ3v) is 3.97. The molecule has 0 saturated carbocycles. The molecule has 0 amide bonds. The fourth-order valence-electron chi connectivity index (χ4n) is 1.91. The zero-order chi connectivity index (χ0) is 14.8. The molecule has 0 atom stereocenters. The van der Waals surface area contributed by atoms with E-state index in [9.17, 15) is 14.0 Å². The van der Waals surface area contributed by atoms with Gasteiger partial charge in [-0.2, -0.15) is 5.26 Å². The Bertz CT molecular complexity index is 858. The van der Waals surface area contributed by atoms with Crippen molar-refractivity contribution in [2.45, 2.75) is 0 Å². The summed E-state index contributed by atoms with van der Waals surface area (Å²) in [6.07, 6.45) is 1.32. The predicted octanol–water partition coefficient (Wildman–Crippen LogP) is 4.64. The van der Waals surface area contributed by atoms with Crippen LogP contribution in [0.5, 0.6) is 0 Å². The summed E-state index contributed by atoms with van der Waals surface area (Å²) in [6.45, 7) is 0. The van der Waals surface area contributed by atoms with Crippen LogP contribution in [0.4, 0.5) is 8.78 Å². The number of thiazole rings is 1. The molecule has 0 fully saturated rings. The van der Waals surface area contributed by atoms with Crippen molar-refractivity contribution in [1.82, 2.24) is 4.98 Å². The predicted molar refractivity (Wildman–Crippen MR) is 79.5 cm³/mol. The molecule has 2 aromatic carbocycles. The van der Waals surface area contributed by atoms with Gasteiger partial charge in [0.05, 0.1) is 15.8 Å². The van der Waals surface area contributed by atoms with Crippen molar-refractivity contribution < 1.29 is 8.78 Å². The Balaban J connectivity index is 2.11. The molecule has 0 aliphatic heterocycles. The van der Waals surface area contributed by atoms with Gasteiger partial charge in [0.15, 0.2) is 0 Å². The fraction of sp³-hybridized carbons (Fsp3) is 0. The third-order valence-electron chi connectivity index (χ3n) is 2.90. The van der Waals surface area contributed by atoms with Crippen molar-refractivity contribution in [3.8, 4) is 6.07 Å². The summed E-state index contributed by atoms with van der Waals surface area (Å²) in [5.74, 6) is -1.13. The maximum absolute atomic E-state index is 13.6. The summed E-state index contributed by atoms with van der Waals surface area (Å²) in [4.78, 5) is 4.34. The van der Waals surface area contributed by atoms with E-state index in [0.29, 0.717) is 5.01 Å². The topological polar surface area (TPSA) is 36.7 Å². The first-order valence-corrected chi connectivity index (χ1v) is 6.92. The van der Waals surface area contributed by atoms with Crippen LogP contribution >= 0.6 is 11.3 Å². The highest BCUT2D eigenvalue weighted by molar-refractivity contribution is 7.19. The summed E-state index contributed by atoms with van der Waals surface area (Å²) in [5.41, 5.74) is 1.02. The van der Waals surface area contributed by atoms with Crippen LogP contribution in [0.15, 0.2) is 42.5 Å². The molecule has 3 aromatic rings. The molecule has 21 heavy (non-hydrogen) atoms. The number of fused-ring (bicyclic) bond motifs is 1. The molecule has 0 spiro atoms. The van der Waals surface area contributed by atoms with Crippen LogP contribution in [0.25, 0.3) is 21.9 Å². The van der Waals surface area contributed by atoms with E-state index in [0.717, 1.165) is 28.4 Å². The van der Waals surface area contributed by atoms with Crippen LogP contribution in [-0.2, 0) is 0 Å². The smallest absolute Gasteiger partial charge is 0.135 e. The number of benzene rings is 2. The lowest BCUT2D eigenvalue weighted by Gasteiger charge is -1.98. The first-order chi connectivity index (χ1) is 10.2. The van der Waals surface area contributed by atoms with E-state index in [1.807, 2.05) is 30.3 Å². The highest BCUT2D eigenvalue weighted by atomic mass is 32.1. The van der Waals surface area contributed by atoms with Crippen molar-refractivity contribution in [3.05, 3.63) is 64.7 Å². The minimum Gasteiger partial charge on any atom is -0.235 e. The van der Waals surface area contributed by atoms with E-state index in [4.69, 9.17) is 0 Å². The van der Waals surface area contributed by atoms with Gasteiger partial charge in [-0.25, -0.2) is 13.8 Å². The van der Waals surface area contributed by atoms with Gasteiger partial charge in [0.25, 0.3) is 0 Å². The number of nitrogens with zero attached hydrogens (tertiary/aromatic N) is 2. The average Bonchev–Trinajstić information content (AvgIpc) is 2.91. The molecule has 2 nitrogen and oxygen atoms in total. The first-order valence-electron chi connectivity index (χ1n) is 6.10. The van der Waals surface area contributed by atoms with E-state index < -0.39 is 11.6 Å². The van der Waals surface area contributed by atoms with Gasteiger partial charge in [0.1, 0.15) is 22.7 Å². The molecule has 0 bridgehead atoms. The zero-order valence-electron chi connectivity index (χ0n) is 10.7. The number of hydrogen-bond donors (Lipinski definition) is 0. The van der Waals surface area contributed by atoms with Crippen molar-refractivity contribution in [2.24, 2.45) is 0 Å². The first kappa shape index (κ1) is 13.4. The number of halogens is 2. The molecule has 0 saturated heterocycles. The number of para-hydroxylation sites is 1. The molecular weight excluding hydrogens is 290 g/mol. The molecule has 5 heteroatoms. The summed E-state index contributed by atoms with van der Waals surface area (Å²) in [6, 6.07) is 12.6. The minimum absolute atomic E-state index is 0.0332. The Morgan fingerprint density at radius 3 is 2.76 bits per heavy atom. The minimum atomic E-state index is -0.578. The van der Waals surface area contributed by atoms with Gasteiger partial charge in [-0.3, -0.25) is 0 Å². The molecule has 0 N–H and O–H groups in total. The van der Waals surface area contributed by atoms with Gasteiger partial charge in [-0.1, -0.05) is 12.1 Å². The standard InChI is InChI=1S/C16H8F2N2S/c17-12-5-6-13(18)10(8-12)7-11(9-19)16-20-14-3-1-2-4-15(14)21-16/h1-8H/b11-7+. The van der Waals surface area contributed by atoms with E-state index in [-0.39, 0.29) is 11.1 Å². The molecule has 0 radical (unpaired) electrons. The van der Waals surface area contributed by atoms with Crippen LogP contribution in [0.3, 0.4) is 0 Å². The summed E-state index contributed by atoms with van der Waals surface area (Å²) < 4.78 is 27.8. The molecule has 0 aliphatic rings. The van der Waals surface area contributed by atoms with E-state index >= 15 is 0 Å². The molecule has 3 rings (SSSR count). The van der Waals surface area contributed by atoms with Crippen LogP contribution in [-0.4, -0.2) is 4.98 Å². The normalized spacial score (nSPS) is 11.6. The molecule has 102 valence electrons. The van der Waals surface area contributed by atoms with E-state index in [2.05, 4.69) is 4.98 Å². The van der Waals surface area contributed by atoms with Crippen LogP contribution in [0.2, 0.25) is 0 Å².